The highest BCUT2D eigenvalue weighted by atomic mass is 32.2. The van der Waals surface area contributed by atoms with Crippen LogP contribution in [0.15, 0.2) is 29.2 Å². The van der Waals surface area contributed by atoms with Gasteiger partial charge in [-0.05, 0) is 56.7 Å². The summed E-state index contributed by atoms with van der Waals surface area (Å²) in [4.78, 5) is 14.3. The van der Waals surface area contributed by atoms with E-state index in [1.165, 1.54) is 24.3 Å². The van der Waals surface area contributed by atoms with E-state index in [0.29, 0.717) is 12.1 Å². The first-order valence-electron chi connectivity index (χ1n) is 7.52. The number of hydrogen-bond donors (Lipinski definition) is 2. The second-order valence-electron chi connectivity index (χ2n) is 5.11. The number of sulfonamides is 1. The Morgan fingerprint density at radius 1 is 1.18 bits per heavy atom. The standard InChI is InChI=1S/C15H25N3O3S/c1-3-11-18(4-2)12-5-10-17-15(19)13-6-8-14(9-7-13)22(16,20)21/h6-9H,3-5,10-12H2,1-2H3,(H,17,19)(H2,16,20,21). The SMILES string of the molecule is CCCN(CC)CCCNC(=O)c1ccc(S(N)(=O)=O)cc1. The molecule has 0 atom stereocenters. The third kappa shape index (κ3) is 6.13. The maximum absolute atomic E-state index is 11.9. The Hall–Kier alpha value is -1.44. The van der Waals surface area contributed by atoms with E-state index in [0.717, 1.165) is 32.5 Å². The summed E-state index contributed by atoms with van der Waals surface area (Å²) >= 11 is 0. The Balaban J connectivity index is 2.43. The molecule has 7 heteroatoms. The van der Waals surface area contributed by atoms with Gasteiger partial charge in [-0.25, -0.2) is 13.6 Å². The summed E-state index contributed by atoms with van der Waals surface area (Å²) in [7, 11) is -3.72. The topological polar surface area (TPSA) is 92.5 Å². The molecule has 0 aromatic heterocycles. The number of amides is 1. The van der Waals surface area contributed by atoms with E-state index in [2.05, 4.69) is 24.1 Å². The maximum Gasteiger partial charge on any atom is 0.251 e. The summed E-state index contributed by atoms with van der Waals surface area (Å²) in [5.41, 5.74) is 0.424. The van der Waals surface area contributed by atoms with Crippen LogP contribution in [-0.2, 0) is 10.0 Å². The molecule has 0 saturated heterocycles. The van der Waals surface area contributed by atoms with Crippen LogP contribution >= 0.6 is 0 Å². The summed E-state index contributed by atoms with van der Waals surface area (Å²) in [6, 6.07) is 5.60. The molecule has 0 unspecified atom stereocenters. The van der Waals surface area contributed by atoms with Crippen LogP contribution in [0.25, 0.3) is 0 Å². The first-order valence-corrected chi connectivity index (χ1v) is 9.06. The molecule has 1 aromatic rings. The molecule has 0 aliphatic rings. The van der Waals surface area contributed by atoms with Crippen LogP contribution in [0.1, 0.15) is 37.0 Å². The van der Waals surface area contributed by atoms with Gasteiger partial charge in [0.05, 0.1) is 4.90 Å². The quantitative estimate of drug-likeness (QED) is 0.666. The molecule has 1 aromatic carbocycles. The second kappa shape index (κ2) is 8.87. The number of carbonyl (C=O) groups excluding carboxylic acids is 1. The molecule has 0 bridgehead atoms. The fourth-order valence-corrected chi connectivity index (χ4v) is 2.66. The van der Waals surface area contributed by atoms with E-state index in [1.54, 1.807) is 0 Å². The van der Waals surface area contributed by atoms with Gasteiger partial charge < -0.3 is 10.2 Å². The highest BCUT2D eigenvalue weighted by molar-refractivity contribution is 7.89. The molecule has 0 aliphatic heterocycles. The Morgan fingerprint density at radius 2 is 1.82 bits per heavy atom. The lowest BCUT2D eigenvalue weighted by atomic mass is 10.2. The molecule has 6 nitrogen and oxygen atoms in total. The lowest BCUT2D eigenvalue weighted by Gasteiger charge is -2.19. The third-order valence-electron chi connectivity index (χ3n) is 3.37. The number of benzene rings is 1. The lowest BCUT2D eigenvalue weighted by Crippen LogP contribution is -2.30. The summed E-state index contributed by atoms with van der Waals surface area (Å²) < 4.78 is 22.3. The fraction of sp³-hybridized carbons (Fsp3) is 0.533. The van der Waals surface area contributed by atoms with Gasteiger partial charge in [0.15, 0.2) is 0 Å². The predicted octanol–water partition coefficient (Wildman–Crippen LogP) is 1.19. The van der Waals surface area contributed by atoms with Crippen molar-refractivity contribution in [3.05, 3.63) is 29.8 Å². The van der Waals surface area contributed by atoms with E-state index >= 15 is 0 Å². The fourth-order valence-electron chi connectivity index (χ4n) is 2.15. The number of nitrogens with zero attached hydrogens (tertiary/aromatic N) is 1. The first kappa shape index (κ1) is 18.6. The van der Waals surface area contributed by atoms with Gasteiger partial charge in [0.25, 0.3) is 5.91 Å². The number of nitrogens with two attached hydrogens (primary N) is 1. The van der Waals surface area contributed by atoms with Gasteiger partial charge in [-0.1, -0.05) is 13.8 Å². The molecular weight excluding hydrogens is 302 g/mol. The van der Waals surface area contributed by atoms with E-state index < -0.39 is 10.0 Å². The molecule has 0 fully saturated rings. The molecule has 22 heavy (non-hydrogen) atoms. The Labute approximate surface area is 132 Å². The van der Waals surface area contributed by atoms with E-state index in [4.69, 9.17) is 5.14 Å². The van der Waals surface area contributed by atoms with Crippen molar-refractivity contribution in [2.45, 2.75) is 31.6 Å². The molecule has 0 heterocycles. The van der Waals surface area contributed by atoms with Crippen LogP contribution in [0.4, 0.5) is 0 Å². The average Bonchev–Trinajstić information content (AvgIpc) is 2.49. The molecule has 0 aliphatic carbocycles. The monoisotopic (exact) mass is 327 g/mol. The summed E-state index contributed by atoms with van der Waals surface area (Å²) in [5, 5.41) is 7.85. The van der Waals surface area contributed by atoms with Crippen LogP contribution in [0.2, 0.25) is 0 Å². The van der Waals surface area contributed by atoms with E-state index in [1.807, 2.05) is 0 Å². The van der Waals surface area contributed by atoms with Gasteiger partial charge in [-0.2, -0.15) is 0 Å². The van der Waals surface area contributed by atoms with Gasteiger partial charge in [-0.15, -0.1) is 0 Å². The van der Waals surface area contributed by atoms with Crippen molar-refractivity contribution in [3.63, 3.8) is 0 Å². The minimum absolute atomic E-state index is 0.00204. The largest absolute Gasteiger partial charge is 0.352 e. The van der Waals surface area contributed by atoms with E-state index in [-0.39, 0.29) is 10.8 Å². The van der Waals surface area contributed by atoms with Crippen molar-refractivity contribution in [1.82, 2.24) is 10.2 Å². The minimum Gasteiger partial charge on any atom is -0.352 e. The molecule has 0 spiro atoms. The van der Waals surface area contributed by atoms with Gasteiger partial charge in [0, 0.05) is 12.1 Å². The number of hydrogen-bond acceptors (Lipinski definition) is 4. The van der Waals surface area contributed by atoms with Crippen LogP contribution in [0, 0.1) is 0 Å². The number of nitrogens with one attached hydrogen (secondary N) is 1. The van der Waals surface area contributed by atoms with Gasteiger partial charge in [0.2, 0.25) is 10.0 Å². The van der Waals surface area contributed by atoms with Crippen LogP contribution < -0.4 is 10.5 Å². The average molecular weight is 327 g/mol. The van der Waals surface area contributed by atoms with Crippen LogP contribution in [0.5, 0.6) is 0 Å². The van der Waals surface area contributed by atoms with Gasteiger partial charge in [-0.3, -0.25) is 4.79 Å². The zero-order valence-electron chi connectivity index (χ0n) is 13.2. The molecule has 124 valence electrons. The molecule has 3 N–H and O–H groups in total. The predicted molar refractivity (Wildman–Crippen MR) is 87.2 cm³/mol. The summed E-state index contributed by atoms with van der Waals surface area (Å²) in [6.07, 6.45) is 2.01. The molecule has 0 saturated carbocycles. The third-order valence-corrected chi connectivity index (χ3v) is 4.30. The summed E-state index contributed by atoms with van der Waals surface area (Å²) in [5.74, 6) is -0.209. The lowest BCUT2D eigenvalue weighted by molar-refractivity contribution is 0.0951. The highest BCUT2D eigenvalue weighted by Crippen LogP contribution is 2.08. The Kier molecular flexibility index (Phi) is 7.50. The zero-order valence-corrected chi connectivity index (χ0v) is 14.0. The number of primary sulfonamides is 1. The van der Waals surface area contributed by atoms with Gasteiger partial charge in [0.1, 0.15) is 0 Å². The van der Waals surface area contributed by atoms with Crippen molar-refractivity contribution in [2.75, 3.05) is 26.2 Å². The van der Waals surface area contributed by atoms with Crippen molar-refractivity contribution in [1.29, 1.82) is 0 Å². The van der Waals surface area contributed by atoms with E-state index in [9.17, 15) is 13.2 Å². The molecule has 1 amide bonds. The normalized spacial score (nSPS) is 11.6. The van der Waals surface area contributed by atoms with Crippen molar-refractivity contribution in [2.24, 2.45) is 5.14 Å². The molecule has 0 radical (unpaired) electrons. The zero-order chi connectivity index (χ0) is 16.6. The smallest absolute Gasteiger partial charge is 0.251 e. The molecular formula is C15H25N3O3S. The Morgan fingerprint density at radius 3 is 2.32 bits per heavy atom. The highest BCUT2D eigenvalue weighted by Gasteiger charge is 2.10. The summed E-state index contributed by atoms with van der Waals surface area (Å²) in [6.45, 7) is 7.90. The van der Waals surface area contributed by atoms with Gasteiger partial charge >= 0.3 is 0 Å². The van der Waals surface area contributed by atoms with Crippen LogP contribution in [0.3, 0.4) is 0 Å². The van der Waals surface area contributed by atoms with Crippen LogP contribution in [-0.4, -0.2) is 45.4 Å². The molecule has 1 rings (SSSR count). The number of rotatable bonds is 9. The minimum atomic E-state index is -3.72. The second-order valence-corrected chi connectivity index (χ2v) is 6.67. The van der Waals surface area contributed by atoms with Crippen molar-refractivity contribution in [3.8, 4) is 0 Å². The van der Waals surface area contributed by atoms with Crippen molar-refractivity contribution >= 4 is 15.9 Å². The number of carbonyl (C=O) groups is 1. The Bertz CT molecular complexity index is 570. The van der Waals surface area contributed by atoms with Crippen molar-refractivity contribution < 1.29 is 13.2 Å². The maximum atomic E-state index is 11.9. The first-order chi connectivity index (χ1) is 10.4.